The second-order valence-corrected chi connectivity index (χ2v) is 6.54. The molecule has 4 nitrogen and oxygen atoms in total. The molecule has 1 heterocycles. The third kappa shape index (κ3) is 3.22. The van der Waals surface area contributed by atoms with E-state index in [2.05, 4.69) is 5.10 Å². The molecule has 0 saturated carbocycles. The Morgan fingerprint density at radius 1 is 0.900 bits per heavy atom. The Morgan fingerprint density at radius 3 is 1.90 bits per heavy atom. The molecule has 0 aliphatic carbocycles. The average Bonchev–Trinajstić information content (AvgIpc) is 3.07. The van der Waals surface area contributed by atoms with Crippen molar-refractivity contribution in [3.63, 3.8) is 0 Å². The lowest BCUT2D eigenvalue weighted by Gasteiger charge is -2.41. The second-order valence-electron chi connectivity index (χ2n) is 6.54. The number of amides is 1. The summed E-state index contributed by atoms with van der Waals surface area (Å²) >= 11 is 0. The van der Waals surface area contributed by atoms with Gasteiger partial charge < -0.3 is 5.11 Å². The number of halogens is 7. The number of carbonyl (C=O) groups is 1. The molecule has 160 valence electrons. The van der Waals surface area contributed by atoms with Crippen molar-refractivity contribution < 1.29 is 40.6 Å². The van der Waals surface area contributed by atoms with Crippen molar-refractivity contribution in [2.24, 2.45) is 5.10 Å². The Kier molecular flexibility index (Phi) is 5.13. The Labute approximate surface area is 165 Å². The molecule has 0 bridgehead atoms. The van der Waals surface area contributed by atoms with E-state index in [9.17, 15) is 40.6 Å². The zero-order chi connectivity index (χ0) is 22.4. The van der Waals surface area contributed by atoms with Crippen LogP contribution in [0.3, 0.4) is 0 Å². The van der Waals surface area contributed by atoms with E-state index in [1.165, 1.54) is 48.5 Å². The van der Waals surface area contributed by atoms with E-state index in [0.717, 1.165) is 12.1 Å². The molecular weight excluding hydrogens is 421 g/mol. The normalized spacial score (nSPS) is 20.3. The quantitative estimate of drug-likeness (QED) is 0.723. The van der Waals surface area contributed by atoms with Crippen molar-refractivity contribution in [3.8, 4) is 0 Å². The van der Waals surface area contributed by atoms with Crippen molar-refractivity contribution >= 4 is 11.6 Å². The molecule has 1 aliphatic heterocycles. The van der Waals surface area contributed by atoms with Crippen LogP contribution in [0.5, 0.6) is 0 Å². The van der Waals surface area contributed by atoms with Crippen LogP contribution in [0, 0.1) is 0 Å². The van der Waals surface area contributed by atoms with Gasteiger partial charge in [-0.25, -0.2) is 0 Å². The zero-order valence-electron chi connectivity index (χ0n) is 14.9. The number of alkyl halides is 7. The monoisotopic (exact) mass is 434 g/mol. The molecule has 3 rings (SSSR count). The van der Waals surface area contributed by atoms with Crippen LogP contribution in [-0.2, 0) is 0 Å². The van der Waals surface area contributed by atoms with Crippen LogP contribution >= 0.6 is 0 Å². The van der Waals surface area contributed by atoms with Gasteiger partial charge in [-0.15, -0.1) is 0 Å². The number of hydrazone groups is 1. The summed E-state index contributed by atoms with van der Waals surface area (Å²) in [6.45, 7) is 0. The van der Waals surface area contributed by atoms with Crippen molar-refractivity contribution in [3.05, 3.63) is 71.8 Å². The first-order valence-corrected chi connectivity index (χ1v) is 8.40. The first-order valence-electron chi connectivity index (χ1n) is 8.40. The molecule has 1 N–H and O–H groups in total. The number of nitrogens with zero attached hydrogens (tertiary/aromatic N) is 2. The van der Waals surface area contributed by atoms with E-state index in [1.807, 2.05) is 0 Å². The van der Waals surface area contributed by atoms with Gasteiger partial charge in [0.1, 0.15) is 0 Å². The molecule has 1 aliphatic rings. The zero-order valence-corrected chi connectivity index (χ0v) is 14.9. The van der Waals surface area contributed by atoms with Gasteiger partial charge in [-0.1, -0.05) is 48.5 Å². The lowest BCUT2D eigenvalue weighted by molar-refractivity contribution is -0.400. The summed E-state index contributed by atoms with van der Waals surface area (Å²) in [7, 11) is 0. The first-order chi connectivity index (χ1) is 13.8. The van der Waals surface area contributed by atoms with Gasteiger partial charge in [0.15, 0.2) is 0 Å². The van der Waals surface area contributed by atoms with Gasteiger partial charge in [-0.05, 0) is 17.7 Å². The number of aliphatic hydroxyl groups is 1. The molecule has 0 radical (unpaired) electrons. The topological polar surface area (TPSA) is 52.9 Å². The number of rotatable bonds is 4. The minimum atomic E-state index is -6.69. The third-order valence-electron chi connectivity index (χ3n) is 4.56. The second kappa shape index (κ2) is 7.08. The fraction of sp³-hybridized carbons (Fsp3) is 0.263. The maximum atomic E-state index is 14.6. The molecule has 1 amide bonds. The number of hydrogen-bond donors (Lipinski definition) is 1. The van der Waals surface area contributed by atoms with Crippen molar-refractivity contribution in [1.82, 2.24) is 5.01 Å². The Hall–Kier alpha value is -2.95. The molecule has 0 aromatic heterocycles. The summed E-state index contributed by atoms with van der Waals surface area (Å²) in [5.74, 6) is -14.2. The molecule has 0 saturated heterocycles. The van der Waals surface area contributed by atoms with Gasteiger partial charge in [0.05, 0.1) is 5.71 Å². The van der Waals surface area contributed by atoms with E-state index in [1.54, 1.807) is 0 Å². The summed E-state index contributed by atoms with van der Waals surface area (Å²) in [6.07, 6.45) is -8.14. The molecule has 2 aromatic carbocycles. The van der Waals surface area contributed by atoms with Crippen LogP contribution in [0.2, 0.25) is 0 Å². The van der Waals surface area contributed by atoms with Crippen molar-refractivity contribution in [2.75, 3.05) is 0 Å². The largest absolute Gasteiger partial charge is 0.460 e. The molecule has 0 fully saturated rings. The Balaban J connectivity index is 2.15. The Bertz CT molecular complexity index is 962. The summed E-state index contributed by atoms with van der Waals surface area (Å²) < 4.78 is 95.0. The van der Waals surface area contributed by atoms with E-state index >= 15 is 0 Å². The minimum absolute atomic E-state index is 0.0606. The third-order valence-corrected chi connectivity index (χ3v) is 4.56. The van der Waals surface area contributed by atoms with E-state index in [4.69, 9.17) is 0 Å². The van der Waals surface area contributed by atoms with Crippen LogP contribution in [0.15, 0.2) is 65.8 Å². The van der Waals surface area contributed by atoms with Gasteiger partial charge >= 0.3 is 18.0 Å². The smallest absolute Gasteiger partial charge is 0.364 e. The highest BCUT2D eigenvalue weighted by Crippen LogP contribution is 2.54. The van der Waals surface area contributed by atoms with Crippen LogP contribution in [0.1, 0.15) is 22.3 Å². The maximum absolute atomic E-state index is 14.6. The lowest BCUT2D eigenvalue weighted by atomic mass is 9.91. The lowest BCUT2D eigenvalue weighted by Crippen LogP contribution is -2.69. The highest BCUT2D eigenvalue weighted by atomic mass is 19.4. The molecule has 1 atom stereocenters. The molecule has 2 aromatic rings. The maximum Gasteiger partial charge on any atom is 0.460 e. The van der Waals surface area contributed by atoms with Crippen LogP contribution < -0.4 is 0 Å². The predicted molar refractivity (Wildman–Crippen MR) is 91.1 cm³/mol. The molecular formula is C19H13F7N2O2. The standard InChI is InChI=1S/C19H13F7N2O2/c20-17(21,18(22,23)19(24,25)26)16(30)11-14(12-7-3-1-4-8-12)27-28(16)15(29)13-9-5-2-6-10-13/h1-10,30H,11H2/t16-/m0/s1. The van der Waals surface area contributed by atoms with Crippen LogP contribution in [-0.4, -0.2) is 45.5 Å². The van der Waals surface area contributed by atoms with Crippen molar-refractivity contribution in [1.29, 1.82) is 0 Å². The molecule has 30 heavy (non-hydrogen) atoms. The summed E-state index contributed by atoms with van der Waals surface area (Å²) in [5.41, 5.74) is -5.02. The molecule has 0 unspecified atom stereocenters. The summed E-state index contributed by atoms with van der Waals surface area (Å²) in [4.78, 5) is 12.7. The van der Waals surface area contributed by atoms with Crippen molar-refractivity contribution in [2.45, 2.75) is 30.2 Å². The van der Waals surface area contributed by atoms with Gasteiger partial charge in [0.25, 0.3) is 5.91 Å². The summed E-state index contributed by atoms with van der Waals surface area (Å²) in [6, 6.07) is 13.3. The summed E-state index contributed by atoms with van der Waals surface area (Å²) in [5, 5.41) is 13.6. The molecule has 11 heteroatoms. The number of benzene rings is 2. The van der Waals surface area contributed by atoms with E-state index < -0.39 is 46.8 Å². The predicted octanol–water partition coefficient (Wildman–Crippen LogP) is 4.46. The highest BCUT2D eigenvalue weighted by Gasteiger charge is 2.82. The van der Waals surface area contributed by atoms with Gasteiger partial charge in [0, 0.05) is 12.0 Å². The number of carbonyl (C=O) groups excluding carboxylic acids is 1. The van der Waals surface area contributed by atoms with Crippen LogP contribution in [0.4, 0.5) is 30.7 Å². The Morgan fingerprint density at radius 2 is 1.40 bits per heavy atom. The first kappa shape index (κ1) is 21.8. The SMILES string of the molecule is O=C(c1ccccc1)N1N=C(c2ccccc2)C[C@]1(O)C(F)(F)C(F)(F)C(F)(F)F. The molecule has 0 spiro atoms. The van der Waals surface area contributed by atoms with Gasteiger partial charge in [-0.3, -0.25) is 4.79 Å². The average molecular weight is 434 g/mol. The fourth-order valence-corrected chi connectivity index (χ4v) is 2.93. The highest BCUT2D eigenvalue weighted by molar-refractivity contribution is 6.05. The van der Waals surface area contributed by atoms with Gasteiger partial charge in [0.2, 0.25) is 5.72 Å². The minimum Gasteiger partial charge on any atom is -0.364 e. The number of hydrogen-bond acceptors (Lipinski definition) is 3. The van der Waals surface area contributed by atoms with Gasteiger partial charge in [-0.2, -0.15) is 40.8 Å². The van der Waals surface area contributed by atoms with E-state index in [0.29, 0.717) is 0 Å². The fourth-order valence-electron chi connectivity index (χ4n) is 2.93. The van der Waals surface area contributed by atoms with Crippen LogP contribution in [0.25, 0.3) is 0 Å². The van der Waals surface area contributed by atoms with E-state index in [-0.39, 0.29) is 11.1 Å².